The van der Waals surface area contributed by atoms with Crippen LogP contribution < -0.4 is 0 Å². The normalized spacial score (nSPS) is 9.90. The minimum atomic E-state index is 0.0409. The van der Waals surface area contributed by atoms with Crippen LogP contribution in [0.2, 0.25) is 0 Å². The lowest BCUT2D eigenvalue weighted by atomic mass is 10.6. The van der Waals surface area contributed by atoms with Gasteiger partial charge in [-0.3, -0.25) is 10.8 Å². The molecule has 0 aliphatic heterocycles. The van der Waals surface area contributed by atoms with Crippen molar-refractivity contribution in [2.75, 3.05) is 52.9 Å². The molecule has 0 saturated heterocycles. The summed E-state index contributed by atoms with van der Waals surface area (Å²) in [4.78, 5) is 0. The Morgan fingerprint density at radius 2 is 0.905 bits per heavy atom. The summed E-state index contributed by atoms with van der Waals surface area (Å²) in [5.41, 5.74) is 0. The summed E-state index contributed by atoms with van der Waals surface area (Å²) in [5.74, 6) is 0.0819. The predicted molar refractivity (Wildman–Crippen MR) is 80.2 cm³/mol. The topological polar surface area (TPSA) is 93.9 Å². The zero-order valence-corrected chi connectivity index (χ0v) is 12.3. The maximum atomic E-state index is 7.15. The third-order valence-corrected chi connectivity index (χ3v) is 2.09. The number of hydrogen-bond acceptors (Lipinski definition) is 7. The molecule has 120 valence electrons. The van der Waals surface area contributed by atoms with Crippen molar-refractivity contribution in [3.8, 4) is 0 Å². The van der Waals surface area contributed by atoms with E-state index in [1.54, 1.807) is 0 Å². The number of ether oxygens (including phenoxy) is 5. The van der Waals surface area contributed by atoms with E-state index < -0.39 is 0 Å². The van der Waals surface area contributed by atoms with Gasteiger partial charge in [-0.25, -0.2) is 0 Å². The molecule has 21 heavy (non-hydrogen) atoms. The SMILES string of the molecule is C=CC(=N)OCCOCCOCCOCCOC(=N)C=C. The van der Waals surface area contributed by atoms with Gasteiger partial charge in [0.1, 0.15) is 13.2 Å². The monoisotopic (exact) mass is 300 g/mol. The predicted octanol–water partition coefficient (Wildman–Crippen LogP) is 1.40. The Balaban J connectivity index is 3.09. The van der Waals surface area contributed by atoms with Crippen LogP contribution in [0, 0.1) is 10.8 Å². The van der Waals surface area contributed by atoms with Crippen LogP contribution >= 0.6 is 0 Å². The molecule has 0 aliphatic carbocycles. The molecule has 0 atom stereocenters. The van der Waals surface area contributed by atoms with Gasteiger partial charge in [0.05, 0.1) is 39.6 Å². The third-order valence-electron chi connectivity index (χ3n) is 2.09. The zero-order valence-electron chi connectivity index (χ0n) is 12.3. The Labute approximate surface area is 125 Å². The fourth-order valence-electron chi connectivity index (χ4n) is 1.08. The van der Waals surface area contributed by atoms with Crippen LogP contribution in [0.5, 0.6) is 0 Å². The molecule has 0 radical (unpaired) electrons. The first-order valence-electron chi connectivity index (χ1n) is 6.61. The van der Waals surface area contributed by atoms with Crippen LogP contribution in [0.4, 0.5) is 0 Å². The molecule has 7 heteroatoms. The maximum Gasteiger partial charge on any atom is 0.205 e. The zero-order chi connectivity index (χ0) is 15.8. The van der Waals surface area contributed by atoms with Gasteiger partial charge in [-0.05, 0) is 12.2 Å². The van der Waals surface area contributed by atoms with Gasteiger partial charge in [0.15, 0.2) is 0 Å². The lowest BCUT2D eigenvalue weighted by Gasteiger charge is -2.08. The summed E-state index contributed by atoms with van der Waals surface area (Å²) < 4.78 is 25.6. The molecule has 0 fully saturated rings. The van der Waals surface area contributed by atoms with Crippen molar-refractivity contribution in [3.05, 3.63) is 25.3 Å². The van der Waals surface area contributed by atoms with Crippen LogP contribution in [-0.2, 0) is 23.7 Å². The largest absolute Gasteiger partial charge is 0.476 e. The van der Waals surface area contributed by atoms with Crippen molar-refractivity contribution in [1.82, 2.24) is 0 Å². The average molecular weight is 300 g/mol. The van der Waals surface area contributed by atoms with E-state index in [2.05, 4.69) is 13.2 Å². The van der Waals surface area contributed by atoms with E-state index in [1.165, 1.54) is 12.2 Å². The van der Waals surface area contributed by atoms with E-state index in [0.29, 0.717) is 52.9 Å². The number of nitrogens with one attached hydrogen (secondary N) is 2. The molecule has 0 amide bonds. The molecule has 0 heterocycles. The Kier molecular flexibility index (Phi) is 13.5. The summed E-state index contributed by atoms with van der Waals surface area (Å²) in [6, 6.07) is 0. The van der Waals surface area contributed by atoms with Crippen LogP contribution in [0.25, 0.3) is 0 Å². The van der Waals surface area contributed by atoms with Gasteiger partial charge in [0.2, 0.25) is 11.8 Å². The van der Waals surface area contributed by atoms with Crippen molar-refractivity contribution < 1.29 is 23.7 Å². The van der Waals surface area contributed by atoms with Gasteiger partial charge in [0, 0.05) is 0 Å². The van der Waals surface area contributed by atoms with Gasteiger partial charge in [-0.2, -0.15) is 0 Å². The molecule has 0 rings (SSSR count). The van der Waals surface area contributed by atoms with Crippen LogP contribution in [0.1, 0.15) is 0 Å². The Bertz CT molecular complexity index is 290. The van der Waals surface area contributed by atoms with Gasteiger partial charge >= 0.3 is 0 Å². The highest BCUT2D eigenvalue weighted by atomic mass is 16.6. The first-order valence-corrected chi connectivity index (χ1v) is 6.61. The molecule has 0 unspecified atom stereocenters. The van der Waals surface area contributed by atoms with Crippen molar-refractivity contribution in [2.24, 2.45) is 0 Å². The fourth-order valence-corrected chi connectivity index (χ4v) is 1.08. The standard InChI is InChI=1S/C14H24N2O5/c1-3-13(15)20-11-9-18-7-5-17-6-8-19-10-12-21-14(16)4-2/h3-4,15-16H,1-2,5-12H2. The molecule has 0 spiro atoms. The highest BCUT2D eigenvalue weighted by Gasteiger charge is 1.94. The summed E-state index contributed by atoms with van der Waals surface area (Å²) in [7, 11) is 0. The second-order valence-corrected chi connectivity index (χ2v) is 3.67. The van der Waals surface area contributed by atoms with E-state index in [0.717, 1.165) is 0 Å². The Hall–Kier alpha value is -1.70. The molecule has 0 saturated carbocycles. The summed E-state index contributed by atoms with van der Waals surface area (Å²) in [6.45, 7) is 10.1. The van der Waals surface area contributed by atoms with Crippen molar-refractivity contribution in [3.63, 3.8) is 0 Å². The molecule has 7 nitrogen and oxygen atoms in total. The lowest BCUT2D eigenvalue weighted by Crippen LogP contribution is -2.14. The molecule has 2 N–H and O–H groups in total. The highest BCUT2D eigenvalue weighted by molar-refractivity contribution is 5.84. The minimum absolute atomic E-state index is 0.0409. The molecular formula is C14H24N2O5. The molecule has 0 aromatic rings. The maximum absolute atomic E-state index is 7.15. The number of hydrogen-bond donors (Lipinski definition) is 2. The van der Waals surface area contributed by atoms with Crippen LogP contribution in [0.15, 0.2) is 25.3 Å². The van der Waals surface area contributed by atoms with Gasteiger partial charge in [-0.1, -0.05) is 13.2 Å². The van der Waals surface area contributed by atoms with Gasteiger partial charge in [0.25, 0.3) is 0 Å². The van der Waals surface area contributed by atoms with Gasteiger partial charge in [-0.15, -0.1) is 0 Å². The second kappa shape index (κ2) is 14.7. The van der Waals surface area contributed by atoms with E-state index >= 15 is 0 Å². The second-order valence-electron chi connectivity index (χ2n) is 3.67. The Morgan fingerprint density at radius 1 is 0.619 bits per heavy atom. The van der Waals surface area contributed by atoms with Gasteiger partial charge < -0.3 is 23.7 Å². The molecule has 0 bridgehead atoms. The molecule has 0 aromatic carbocycles. The van der Waals surface area contributed by atoms with E-state index in [1.807, 2.05) is 0 Å². The number of rotatable bonds is 14. The molecule has 0 aromatic heterocycles. The third kappa shape index (κ3) is 14.5. The van der Waals surface area contributed by atoms with Crippen LogP contribution in [-0.4, -0.2) is 64.7 Å². The van der Waals surface area contributed by atoms with E-state index in [9.17, 15) is 0 Å². The first kappa shape index (κ1) is 19.3. The van der Waals surface area contributed by atoms with Crippen LogP contribution in [0.3, 0.4) is 0 Å². The summed E-state index contributed by atoms with van der Waals surface area (Å²) in [5, 5.41) is 14.3. The van der Waals surface area contributed by atoms with Crippen molar-refractivity contribution in [2.45, 2.75) is 0 Å². The van der Waals surface area contributed by atoms with E-state index in [-0.39, 0.29) is 11.8 Å². The minimum Gasteiger partial charge on any atom is -0.476 e. The highest BCUT2D eigenvalue weighted by Crippen LogP contribution is 1.85. The van der Waals surface area contributed by atoms with E-state index in [4.69, 9.17) is 34.5 Å². The molecular weight excluding hydrogens is 276 g/mol. The average Bonchev–Trinajstić information content (AvgIpc) is 2.51. The lowest BCUT2D eigenvalue weighted by molar-refractivity contribution is 0.00383. The smallest absolute Gasteiger partial charge is 0.205 e. The quantitative estimate of drug-likeness (QED) is 0.287. The Morgan fingerprint density at radius 3 is 1.19 bits per heavy atom. The molecule has 0 aliphatic rings. The summed E-state index contributed by atoms with van der Waals surface area (Å²) in [6.07, 6.45) is 2.66. The van der Waals surface area contributed by atoms with Crippen molar-refractivity contribution in [1.29, 1.82) is 10.8 Å². The first-order chi connectivity index (χ1) is 10.2. The fraction of sp³-hybridized carbons (Fsp3) is 0.571. The van der Waals surface area contributed by atoms with Crippen molar-refractivity contribution >= 4 is 11.8 Å². The summed E-state index contributed by atoms with van der Waals surface area (Å²) >= 11 is 0.